The standard InChI is InChI=1S/C30H54O6S3/c1-31-25-7-20-14-38-16-22-10-30(36-6)24(12-29(22)35-5)18-39-17-23-11-27(33-3)21(9-28(23)34-4)15-37-13-19(25)8-26(20)32-2/h19-30H,7-18H2,1-6H3/t19-,20-,21-,22-,23-,24-,25-,26?,27?,28-,29?,30?/m1/s1. The summed E-state index contributed by atoms with van der Waals surface area (Å²) in [6.45, 7) is 0. The third-order valence-electron chi connectivity index (χ3n) is 10.2. The van der Waals surface area contributed by atoms with Gasteiger partial charge in [0.25, 0.3) is 0 Å². The fraction of sp³-hybridized carbons (Fsp3) is 1.00. The summed E-state index contributed by atoms with van der Waals surface area (Å²) in [7, 11) is 11.4. The summed E-state index contributed by atoms with van der Waals surface area (Å²) >= 11 is 6.26. The van der Waals surface area contributed by atoms with Gasteiger partial charge >= 0.3 is 0 Å². The van der Waals surface area contributed by atoms with Gasteiger partial charge in [0.2, 0.25) is 0 Å². The molecule has 4 unspecified atom stereocenters. The van der Waals surface area contributed by atoms with E-state index in [4.69, 9.17) is 28.4 Å². The molecule has 6 bridgehead atoms. The number of methoxy groups -OCH3 is 6. The molecule has 9 rings (SSSR count). The third-order valence-corrected chi connectivity index (χ3v) is 14.2. The summed E-state index contributed by atoms with van der Waals surface area (Å²) in [4.78, 5) is 0. The minimum atomic E-state index is 0.307. The van der Waals surface area contributed by atoms with Crippen molar-refractivity contribution in [3.63, 3.8) is 0 Å². The van der Waals surface area contributed by atoms with Crippen LogP contribution in [0.15, 0.2) is 0 Å². The van der Waals surface area contributed by atoms with E-state index in [1.165, 1.54) is 0 Å². The van der Waals surface area contributed by atoms with Crippen molar-refractivity contribution in [1.29, 1.82) is 0 Å². The van der Waals surface area contributed by atoms with Crippen molar-refractivity contribution >= 4 is 35.3 Å². The molecular formula is C30H54O6S3. The van der Waals surface area contributed by atoms with E-state index in [1.807, 2.05) is 42.7 Å². The lowest BCUT2D eigenvalue weighted by Crippen LogP contribution is -2.43. The summed E-state index contributed by atoms with van der Waals surface area (Å²) < 4.78 is 36.5. The molecule has 0 aromatic carbocycles. The number of hydrogen-bond donors (Lipinski definition) is 0. The van der Waals surface area contributed by atoms with Gasteiger partial charge in [-0.1, -0.05) is 0 Å². The average Bonchev–Trinajstić information content (AvgIpc) is 2.97. The molecule has 0 radical (unpaired) electrons. The second kappa shape index (κ2) is 16.6. The summed E-state index contributed by atoms with van der Waals surface area (Å²) in [6.07, 6.45) is 8.36. The van der Waals surface area contributed by atoms with Gasteiger partial charge in [-0.3, -0.25) is 0 Å². The van der Waals surface area contributed by atoms with Crippen LogP contribution in [0.2, 0.25) is 0 Å². The highest BCUT2D eigenvalue weighted by Gasteiger charge is 2.42. The molecule has 9 heteroatoms. The Bertz CT molecular complexity index is 559. The Morgan fingerprint density at radius 2 is 0.462 bits per heavy atom. The van der Waals surface area contributed by atoms with Crippen LogP contribution in [0.3, 0.4) is 0 Å². The predicted octanol–water partition coefficient (Wildman–Crippen LogP) is 5.37. The Labute approximate surface area is 250 Å². The Hall–Kier alpha value is 0.810. The van der Waals surface area contributed by atoms with Crippen molar-refractivity contribution in [3.05, 3.63) is 0 Å². The van der Waals surface area contributed by atoms with E-state index in [0.717, 1.165) is 73.0 Å². The molecule has 6 saturated heterocycles. The third kappa shape index (κ3) is 8.47. The molecule has 0 spiro atoms. The van der Waals surface area contributed by atoms with Crippen LogP contribution in [0.1, 0.15) is 38.5 Å². The highest BCUT2D eigenvalue weighted by molar-refractivity contribution is 7.99. The summed E-state index contributed by atoms with van der Waals surface area (Å²) in [5.41, 5.74) is 0. The van der Waals surface area contributed by atoms with Gasteiger partial charge in [-0.15, -0.1) is 0 Å². The molecule has 0 N–H and O–H groups in total. The van der Waals surface area contributed by atoms with Crippen LogP contribution in [-0.4, -0.2) is 114 Å². The molecular weight excluding hydrogens is 553 g/mol. The lowest BCUT2D eigenvalue weighted by molar-refractivity contribution is -0.0563. The Kier molecular flexibility index (Phi) is 13.9. The first-order valence-electron chi connectivity index (χ1n) is 14.9. The van der Waals surface area contributed by atoms with E-state index in [9.17, 15) is 0 Å². The number of hydrogen-bond acceptors (Lipinski definition) is 9. The lowest BCUT2D eigenvalue weighted by Gasteiger charge is -2.41. The van der Waals surface area contributed by atoms with Crippen LogP contribution in [0.5, 0.6) is 0 Å². The molecule has 0 aromatic rings. The zero-order chi connectivity index (χ0) is 27.8. The van der Waals surface area contributed by atoms with Gasteiger partial charge in [-0.2, -0.15) is 35.3 Å². The Morgan fingerprint density at radius 1 is 0.308 bits per heavy atom. The number of thioether (sulfide) groups is 3. The van der Waals surface area contributed by atoms with Gasteiger partial charge in [0.15, 0.2) is 0 Å². The summed E-state index contributed by atoms with van der Waals surface area (Å²) in [5, 5.41) is 0. The number of rotatable bonds is 6. The molecule has 9 aliphatic rings. The van der Waals surface area contributed by atoms with Crippen molar-refractivity contribution in [2.24, 2.45) is 35.5 Å². The second-order valence-corrected chi connectivity index (χ2v) is 15.5. The fourth-order valence-electron chi connectivity index (χ4n) is 7.75. The van der Waals surface area contributed by atoms with Gasteiger partial charge < -0.3 is 28.4 Å². The van der Waals surface area contributed by atoms with E-state index < -0.39 is 0 Å². The topological polar surface area (TPSA) is 55.4 Å². The molecule has 3 aliphatic carbocycles. The average molecular weight is 607 g/mol. The van der Waals surface area contributed by atoms with Crippen LogP contribution >= 0.6 is 35.3 Å². The first-order chi connectivity index (χ1) is 19.0. The molecule has 6 nitrogen and oxygen atoms in total. The molecule has 9 fully saturated rings. The summed E-state index contributed by atoms with van der Waals surface area (Å²) in [6, 6.07) is 0. The van der Waals surface area contributed by atoms with E-state index in [-0.39, 0.29) is 0 Å². The second-order valence-electron chi connectivity index (χ2n) is 12.2. The SMILES string of the molecule is COC1C[C@@H]2CSC[C@H]3CC(OC)[C@@H](CSC[C@H]4CC(OC)[C@@H](CSC[C@H]1CC2OC)C[C@H]4OC)C[C@H]3OC. The van der Waals surface area contributed by atoms with Gasteiger partial charge in [0, 0.05) is 42.7 Å². The molecule has 6 aliphatic heterocycles. The lowest BCUT2D eigenvalue weighted by atomic mass is 9.79. The maximum absolute atomic E-state index is 6.09. The van der Waals surface area contributed by atoms with Gasteiger partial charge in [0.05, 0.1) is 36.6 Å². The first kappa shape index (κ1) is 32.7. The predicted molar refractivity (Wildman–Crippen MR) is 165 cm³/mol. The molecule has 3 saturated carbocycles. The minimum absolute atomic E-state index is 0.307. The quantitative estimate of drug-likeness (QED) is 0.397. The van der Waals surface area contributed by atoms with Crippen LogP contribution in [-0.2, 0) is 28.4 Å². The number of ether oxygens (including phenoxy) is 6. The zero-order valence-corrected chi connectivity index (χ0v) is 27.5. The molecule has 6 heterocycles. The zero-order valence-electron chi connectivity index (χ0n) is 25.1. The van der Waals surface area contributed by atoms with Gasteiger partial charge in [-0.25, -0.2) is 0 Å². The van der Waals surface area contributed by atoms with Gasteiger partial charge in [-0.05, 0) is 109 Å². The monoisotopic (exact) mass is 606 g/mol. The summed E-state index contributed by atoms with van der Waals surface area (Å²) in [5.74, 6) is 9.93. The normalized spacial score (nSPS) is 44.8. The molecule has 0 aromatic heterocycles. The fourth-order valence-corrected chi connectivity index (χ4v) is 12.1. The maximum Gasteiger partial charge on any atom is 0.0612 e. The smallest absolute Gasteiger partial charge is 0.0612 e. The highest BCUT2D eigenvalue weighted by Crippen LogP contribution is 2.42. The molecule has 0 amide bonds. The molecule has 228 valence electrons. The largest absolute Gasteiger partial charge is 0.381 e. The van der Waals surface area contributed by atoms with E-state index in [1.54, 1.807) is 0 Å². The van der Waals surface area contributed by atoms with E-state index in [0.29, 0.717) is 72.1 Å². The minimum Gasteiger partial charge on any atom is -0.381 e. The van der Waals surface area contributed by atoms with Crippen LogP contribution in [0.25, 0.3) is 0 Å². The maximum atomic E-state index is 6.09. The van der Waals surface area contributed by atoms with Crippen molar-refractivity contribution in [2.45, 2.75) is 75.1 Å². The Morgan fingerprint density at radius 3 is 0.590 bits per heavy atom. The van der Waals surface area contributed by atoms with Crippen molar-refractivity contribution in [3.8, 4) is 0 Å². The van der Waals surface area contributed by atoms with Crippen LogP contribution < -0.4 is 0 Å². The molecule has 12 atom stereocenters. The van der Waals surface area contributed by atoms with Crippen molar-refractivity contribution < 1.29 is 28.4 Å². The van der Waals surface area contributed by atoms with E-state index >= 15 is 0 Å². The van der Waals surface area contributed by atoms with Crippen molar-refractivity contribution in [1.82, 2.24) is 0 Å². The highest BCUT2D eigenvalue weighted by atomic mass is 32.2. The van der Waals surface area contributed by atoms with Gasteiger partial charge in [0.1, 0.15) is 0 Å². The van der Waals surface area contributed by atoms with Crippen LogP contribution in [0.4, 0.5) is 0 Å². The van der Waals surface area contributed by atoms with Crippen LogP contribution in [0, 0.1) is 35.5 Å². The van der Waals surface area contributed by atoms with Crippen molar-refractivity contribution in [2.75, 3.05) is 77.2 Å². The molecule has 39 heavy (non-hydrogen) atoms. The van der Waals surface area contributed by atoms with E-state index in [2.05, 4.69) is 35.3 Å². The first-order valence-corrected chi connectivity index (χ1v) is 18.4. The Balaban J connectivity index is 1.52.